The summed E-state index contributed by atoms with van der Waals surface area (Å²) in [7, 11) is 0. The summed E-state index contributed by atoms with van der Waals surface area (Å²) in [6, 6.07) is 14.9. The van der Waals surface area contributed by atoms with Crippen molar-refractivity contribution in [2.24, 2.45) is 0 Å². The number of aryl methyl sites for hydroxylation is 1. The number of benzene rings is 2. The highest BCUT2D eigenvalue weighted by atomic mass is 32.1. The van der Waals surface area contributed by atoms with Crippen molar-refractivity contribution in [1.82, 2.24) is 0 Å². The van der Waals surface area contributed by atoms with Crippen LogP contribution < -0.4 is 0 Å². The molecule has 0 amide bonds. The third kappa shape index (κ3) is 2.86. The minimum atomic E-state index is -5.85. The minimum absolute atomic E-state index is 0.0550. The van der Waals surface area contributed by atoms with E-state index in [1.807, 2.05) is 30.3 Å². The first-order chi connectivity index (χ1) is 16.3. The number of hydrogen-bond acceptors (Lipinski definition) is 1. The fourth-order valence-electron chi connectivity index (χ4n) is 5.57. The van der Waals surface area contributed by atoms with E-state index in [0.717, 1.165) is 46.9 Å². The molecule has 1 heterocycles. The van der Waals surface area contributed by atoms with Crippen LogP contribution in [-0.4, -0.2) is 17.8 Å². The number of alkyl halides is 6. The summed E-state index contributed by atoms with van der Waals surface area (Å²) < 4.78 is 98.4. The molecule has 2 aromatic carbocycles. The maximum atomic E-state index is 14.4. The Labute approximate surface area is 202 Å². The molecule has 0 nitrogen and oxygen atoms in total. The third-order valence-corrected chi connectivity index (χ3v) is 8.64. The second-order valence-corrected chi connectivity index (χ2v) is 10.3. The standard InChI is InChI=1S/C27H21F7S/c1-4-24(5-2)19-9-7-6-8-16(19)17-11-10-15(12-20(17)24)21-13-18(14(3)35-21)22-23(28)26(31,32)27(33,34)25(22,29)30/h6-13H,4-5H2,1-3H3. The van der Waals surface area contributed by atoms with E-state index in [2.05, 4.69) is 19.9 Å². The van der Waals surface area contributed by atoms with Gasteiger partial charge >= 0.3 is 17.8 Å². The lowest BCUT2D eigenvalue weighted by Gasteiger charge is -2.29. The Morgan fingerprint density at radius 1 is 0.743 bits per heavy atom. The van der Waals surface area contributed by atoms with Crippen molar-refractivity contribution >= 4 is 16.9 Å². The largest absolute Gasteiger partial charge is 0.383 e. The Hall–Kier alpha value is -2.61. The average molecular weight is 511 g/mol. The molecule has 3 aromatic rings. The smallest absolute Gasteiger partial charge is 0.204 e. The van der Waals surface area contributed by atoms with Crippen LogP contribution in [0.25, 0.3) is 27.1 Å². The quantitative estimate of drug-likeness (QED) is 0.307. The van der Waals surface area contributed by atoms with Gasteiger partial charge in [-0.2, -0.15) is 26.3 Å². The predicted molar refractivity (Wildman–Crippen MR) is 124 cm³/mol. The number of halogens is 7. The summed E-state index contributed by atoms with van der Waals surface area (Å²) >= 11 is 0.978. The van der Waals surface area contributed by atoms with Crippen molar-refractivity contribution in [3.63, 3.8) is 0 Å². The topological polar surface area (TPSA) is 0 Å². The molecule has 0 saturated carbocycles. The zero-order chi connectivity index (χ0) is 25.6. The predicted octanol–water partition coefficient (Wildman–Crippen LogP) is 9.41. The van der Waals surface area contributed by atoms with Crippen molar-refractivity contribution in [2.75, 3.05) is 0 Å². The maximum absolute atomic E-state index is 14.4. The fourth-order valence-corrected chi connectivity index (χ4v) is 6.59. The Balaban J connectivity index is 1.66. The van der Waals surface area contributed by atoms with Crippen LogP contribution in [0, 0.1) is 6.92 Å². The van der Waals surface area contributed by atoms with Gasteiger partial charge in [-0.3, -0.25) is 0 Å². The van der Waals surface area contributed by atoms with E-state index in [1.165, 1.54) is 12.5 Å². The molecule has 0 spiro atoms. The van der Waals surface area contributed by atoms with Crippen LogP contribution in [0.3, 0.4) is 0 Å². The lowest BCUT2D eigenvalue weighted by Crippen LogP contribution is -2.48. The Bertz CT molecular complexity index is 1380. The van der Waals surface area contributed by atoms with E-state index in [1.54, 1.807) is 6.07 Å². The van der Waals surface area contributed by atoms with Crippen LogP contribution in [0.15, 0.2) is 54.4 Å². The molecule has 0 unspecified atom stereocenters. The van der Waals surface area contributed by atoms with Gasteiger partial charge in [-0.15, -0.1) is 11.3 Å². The van der Waals surface area contributed by atoms with Crippen LogP contribution in [0.5, 0.6) is 0 Å². The van der Waals surface area contributed by atoms with Gasteiger partial charge in [-0.1, -0.05) is 50.2 Å². The van der Waals surface area contributed by atoms with Crippen molar-refractivity contribution in [1.29, 1.82) is 0 Å². The number of fused-ring (bicyclic) bond motifs is 3. The minimum Gasteiger partial charge on any atom is -0.204 e. The lowest BCUT2D eigenvalue weighted by atomic mass is 9.73. The van der Waals surface area contributed by atoms with Crippen molar-refractivity contribution < 1.29 is 30.7 Å². The molecule has 0 saturated heterocycles. The van der Waals surface area contributed by atoms with Crippen LogP contribution >= 0.6 is 11.3 Å². The van der Waals surface area contributed by atoms with Crippen LogP contribution in [-0.2, 0) is 5.41 Å². The number of hydrogen-bond donors (Lipinski definition) is 0. The molecule has 0 bridgehead atoms. The van der Waals surface area contributed by atoms with Gasteiger partial charge in [0.15, 0.2) is 5.83 Å². The van der Waals surface area contributed by atoms with E-state index >= 15 is 0 Å². The van der Waals surface area contributed by atoms with Gasteiger partial charge in [0.2, 0.25) is 0 Å². The molecule has 0 aliphatic heterocycles. The second kappa shape index (κ2) is 7.45. The summed E-state index contributed by atoms with van der Waals surface area (Å²) in [5, 5.41) is 0. The number of rotatable bonds is 4. The molecule has 0 fully saturated rings. The molecule has 35 heavy (non-hydrogen) atoms. The van der Waals surface area contributed by atoms with E-state index in [9.17, 15) is 30.7 Å². The molecular weight excluding hydrogens is 489 g/mol. The maximum Gasteiger partial charge on any atom is 0.383 e. The van der Waals surface area contributed by atoms with Gasteiger partial charge in [0, 0.05) is 20.7 Å². The SMILES string of the molecule is CCC1(CC)c2ccccc2-c2ccc(-c3cc(C4=C(F)C(F)(F)C(F)(F)C4(F)F)c(C)s3)cc21. The molecule has 184 valence electrons. The van der Waals surface area contributed by atoms with Gasteiger partial charge in [0.1, 0.15) is 0 Å². The third-order valence-electron chi connectivity index (χ3n) is 7.54. The fraction of sp³-hybridized carbons (Fsp3) is 0.333. The molecule has 2 aliphatic carbocycles. The first kappa shape index (κ1) is 24.1. The first-order valence-corrected chi connectivity index (χ1v) is 12.1. The van der Waals surface area contributed by atoms with Gasteiger partial charge in [-0.05, 0) is 59.7 Å². The molecule has 5 rings (SSSR count). The summed E-state index contributed by atoms with van der Waals surface area (Å²) in [5.41, 5.74) is 2.24. The van der Waals surface area contributed by atoms with E-state index in [-0.39, 0.29) is 10.3 Å². The second-order valence-electron chi connectivity index (χ2n) is 9.09. The Kier molecular flexibility index (Phi) is 5.13. The molecule has 8 heteroatoms. The zero-order valence-electron chi connectivity index (χ0n) is 19.1. The monoisotopic (exact) mass is 510 g/mol. The van der Waals surface area contributed by atoms with Crippen molar-refractivity contribution in [3.05, 3.63) is 75.9 Å². The zero-order valence-corrected chi connectivity index (χ0v) is 19.9. The Morgan fingerprint density at radius 3 is 1.97 bits per heavy atom. The summed E-state index contributed by atoms with van der Waals surface area (Å²) in [6.07, 6.45) is 1.64. The Morgan fingerprint density at radius 2 is 1.37 bits per heavy atom. The van der Waals surface area contributed by atoms with Crippen molar-refractivity contribution in [3.8, 4) is 21.6 Å². The van der Waals surface area contributed by atoms with Gasteiger partial charge in [0.25, 0.3) is 0 Å². The van der Waals surface area contributed by atoms with E-state index in [0.29, 0.717) is 10.4 Å². The highest BCUT2D eigenvalue weighted by Crippen LogP contribution is 2.63. The van der Waals surface area contributed by atoms with Gasteiger partial charge < -0.3 is 0 Å². The molecule has 1 aromatic heterocycles. The molecule has 0 N–H and O–H groups in total. The summed E-state index contributed by atoms with van der Waals surface area (Å²) in [5.74, 6) is -19.6. The molecule has 0 radical (unpaired) electrons. The normalized spacial score (nSPS) is 20.7. The first-order valence-electron chi connectivity index (χ1n) is 11.2. The lowest BCUT2D eigenvalue weighted by molar-refractivity contribution is -0.263. The number of allylic oxidation sites excluding steroid dienone is 2. The van der Waals surface area contributed by atoms with Crippen LogP contribution in [0.1, 0.15) is 48.3 Å². The highest BCUT2D eigenvalue weighted by Gasteiger charge is 2.81. The molecular formula is C27H21F7S. The van der Waals surface area contributed by atoms with Crippen LogP contribution in [0.2, 0.25) is 0 Å². The van der Waals surface area contributed by atoms with Gasteiger partial charge in [-0.25, -0.2) is 4.39 Å². The molecule has 0 atom stereocenters. The van der Waals surface area contributed by atoms with E-state index < -0.39 is 34.7 Å². The highest BCUT2D eigenvalue weighted by molar-refractivity contribution is 7.15. The van der Waals surface area contributed by atoms with Crippen molar-refractivity contribution in [2.45, 2.75) is 56.8 Å². The summed E-state index contributed by atoms with van der Waals surface area (Å²) in [4.78, 5) is 0.464. The average Bonchev–Trinajstić information content (AvgIpc) is 3.36. The molecule has 2 aliphatic rings. The number of thiophene rings is 1. The van der Waals surface area contributed by atoms with E-state index in [4.69, 9.17) is 0 Å². The van der Waals surface area contributed by atoms with Gasteiger partial charge in [0.05, 0.1) is 5.57 Å². The summed E-state index contributed by atoms with van der Waals surface area (Å²) in [6.45, 7) is 5.51. The van der Waals surface area contributed by atoms with Crippen LogP contribution in [0.4, 0.5) is 30.7 Å².